The van der Waals surface area contributed by atoms with E-state index in [9.17, 15) is 33.1 Å². The van der Waals surface area contributed by atoms with Crippen molar-refractivity contribution in [1.82, 2.24) is 0 Å². The first kappa shape index (κ1) is 21.6. The van der Waals surface area contributed by atoms with Crippen molar-refractivity contribution >= 4 is 23.4 Å². The smallest absolute Gasteiger partial charge is 0.416 e. The highest BCUT2D eigenvalue weighted by Gasteiger charge is 2.83. The van der Waals surface area contributed by atoms with Crippen LogP contribution in [0, 0.1) is 39.9 Å². The molecule has 5 unspecified atom stereocenters. The number of carboxylic acid groups (broad SMARTS) is 1. The zero-order valence-corrected chi connectivity index (χ0v) is 16.3. The van der Waals surface area contributed by atoms with E-state index in [4.69, 9.17) is 17.3 Å². The highest BCUT2D eigenvalue weighted by atomic mass is 35.5. The average molecular weight is 429 g/mol. The number of fused-ring (bicyclic) bond motifs is 1. The van der Waals surface area contributed by atoms with Crippen molar-refractivity contribution in [3.63, 3.8) is 0 Å². The Kier molecular flexibility index (Phi) is 5.21. The van der Waals surface area contributed by atoms with E-state index in [0.29, 0.717) is 6.42 Å². The number of benzene rings is 1. The molecule has 2 aliphatic rings. The fourth-order valence-electron chi connectivity index (χ4n) is 5.73. The number of aliphatic carboxylic acids is 1. The van der Waals surface area contributed by atoms with Crippen molar-refractivity contribution in [3.8, 4) is 6.07 Å². The second-order valence-corrected chi connectivity index (χ2v) is 8.21. The molecule has 9 heteroatoms. The van der Waals surface area contributed by atoms with Gasteiger partial charge in [0.1, 0.15) is 5.41 Å². The molecule has 3 rings (SSSR count). The van der Waals surface area contributed by atoms with Gasteiger partial charge >= 0.3 is 12.1 Å². The number of carbonyl (C=O) groups excluding carboxylic acids is 1. The Morgan fingerprint density at radius 1 is 1.41 bits per heavy atom. The Morgan fingerprint density at radius 3 is 2.55 bits per heavy atom. The zero-order chi connectivity index (χ0) is 21.8. The summed E-state index contributed by atoms with van der Waals surface area (Å²) in [6, 6.07) is 5.01. The third-order valence-electron chi connectivity index (χ3n) is 6.89. The van der Waals surface area contributed by atoms with Gasteiger partial charge in [0.25, 0.3) is 0 Å². The minimum atomic E-state index is -4.56. The van der Waals surface area contributed by atoms with Crippen LogP contribution in [0.3, 0.4) is 0 Å². The summed E-state index contributed by atoms with van der Waals surface area (Å²) in [4.78, 5) is 24.6. The third kappa shape index (κ3) is 2.86. The molecule has 156 valence electrons. The number of nitrogens with two attached hydrogens (primary N) is 1. The van der Waals surface area contributed by atoms with Crippen LogP contribution in [0.25, 0.3) is 0 Å². The molecule has 1 aromatic carbocycles. The third-order valence-corrected chi connectivity index (χ3v) is 7.26. The normalized spacial score (nSPS) is 33.1. The topological polar surface area (TPSA) is 104 Å². The second kappa shape index (κ2) is 6.99. The Morgan fingerprint density at radius 2 is 2.07 bits per heavy atom. The molecule has 2 aliphatic carbocycles. The summed E-state index contributed by atoms with van der Waals surface area (Å²) in [6.45, 7) is 1.28. The van der Waals surface area contributed by atoms with E-state index in [1.165, 1.54) is 0 Å². The summed E-state index contributed by atoms with van der Waals surface area (Å²) in [7, 11) is 0. The summed E-state index contributed by atoms with van der Waals surface area (Å²) in [5.41, 5.74) is 2.16. The van der Waals surface area contributed by atoms with E-state index in [1.54, 1.807) is 6.92 Å². The predicted molar refractivity (Wildman–Crippen MR) is 97.7 cm³/mol. The van der Waals surface area contributed by atoms with Crippen LogP contribution in [0.1, 0.15) is 30.9 Å². The molecule has 0 radical (unpaired) electrons. The number of Topliss-reactive ketones (excluding diaryl/α,β-unsaturated/α-hetero) is 1. The van der Waals surface area contributed by atoms with Crippen molar-refractivity contribution in [2.75, 3.05) is 6.54 Å². The quantitative estimate of drug-likeness (QED) is 0.719. The van der Waals surface area contributed by atoms with Crippen molar-refractivity contribution < 1.29 is 27.9 Å². The fourth-order valence-corrected chi connectivity index (χ4v) is 5.93. The van der Waals surface area contributed by atoms with Crippen LogP contribution in [-0.4, -0.2) is 23.4 Å². The first-order chi connectivity index (χ1) is 13.5. The molecule has 2 fully saturated rings. The van der Waals surface area contributed by atoms with Gasteiger partial charge in [-0.1, -0.05) is 18.5 Å². The summed E-state index contributed by atoms with van der Waals surface area (Å²) in [5.74, 6) is -3.53. The molecule has 0 amide bonds. The number of hydrogen-bond donors (Lipinski definition) is 2. The minimum absolute atomic E-state index is 0.0351. The SMILES string of the molecule is CCC12C(CC(Cc3cc(C(F)(F)F)ccc3Cl)C1(C#N)C(=O)CN)C2C(=O)O. The molecule has 3 N–H and O–H groups in total. The van der Waals surface area contributed by atoms with Gasteiger partial charge in [0.15, 0.2) is 5.78 Å². The van der Waals surface area contributed by atoms with Crippen molar-refractivity contribution in [2.45, 2.75) is 32.4 Å². The number of halogens is 4. The molecule has 0 bridgehead atoms. The lowest BCUT2D eigenvalue weighted by Crippen LogP contribution is -2.48. The molecule has 0 spiro atoms. The van der Waals surface area contributed by atoms with E-state index in [1.807, 2.05) is 0 Å². The predicted octanol–water partition coefficient (Wildman–Crippen LogP) is 3.69. The number of hydrogen-bond acceptors (Lipinski definition) is 4. The number of carbonyl (C=O) groups is 2. The number of nitriles is 1. The minimum Gasteiger partial charge on any atom is -0.481 e. The van der Waals surface area contributed by atoms with Crippen LogP contribution in [0.2, 0.25) is 5.02 Å². The lowest BCUT2D eigenvalue weighted by Gasteiger charge is -2.37. The molecule has 5 atom stereocenters. The Balaban J connectivity index is 2.07. The summed E-state index contributed by atoms with van der Waals surface area (Å²) < 4.78 is 39.3. The zero-order valence-electron chi connectivity index (χ0n) is 15.6. The number of nitrogens with zero attached hydrogens (tertiary/aromatic N) is 1. The van der Waals surface area contributed by atoms with Gasteiger partial charge in [0.05, 0.1) is 24.1 Å². The van der Waals surface area contributed by atoms with Gasteiger partial charge in [-0.3, -0.25) is 9.59 Å². The number of carboxylic acids is 1. The molecule has 0 aliphatic heterocycles. The Hall–Kier alpha value is -2.11. The van der Waals surface area contributed by atoms with Crippen LogP contribution in [0.4, 0.5) is 13.2 Å². The monoisotopic (exact) mass is 428 g/mol. The first-order valence-electron chi connectivity index (χ1n) is 9.24. The maximum absolute atomic E-state index is 13.1. The maximum atomic E-state index is 13.1. The number of ketones is 1. The van der Waals surface area contributed by atoms with E-state index in [0.717, 1.165) is 18.2 Å². The highest BCUT2D eigenvalue weighted by Crippen LogP contribution is 2.79. The van der Waals surface area contributed by atoms with Gasteiger partial charge in [-0.2, -0.15) is 18.4 Å². The maximum Gasteiger partial charge on any atom is 0.416 e. The summed E-state index contributed by atoms with van der Waals surface area (Å²) >= 11 is 6.12. The fraction of sp³-hybridized carbons (Fsp3) is 0.550. The molecular formula is C20H20ClF3N2O3. The molecule has 2 saturated carbocycles. The van der Waals surface area contributed by atoms with E-state index < -0.39 is 58.6 Å². The Bertz CT molecular complexity index is 913. The van der Waals surface area contributed by atoms with Crippen molar-refractivity contribution in [1.29, 1.82) is 5.26 Å². The van der Waals surface area contributed by atoms with Crippen LogP contribution >= 0.6 is 11.6 Å². The van der Waals surface area contributed by atoms with Gasteiger partial charge in [0.2, 0.25) is 0 Å². The summed E-state index contributed by atoms with van der Waals surface area (Å²) in [6.07, 6.45) is -4.06. The highest BCUT2D eigenvalue weighted by molar-refractivity contribution is 6.31. The average Bonchev–Trinajstić information content (AvgIpc) is 3.23. The molecular weight excluding hydrogens is 409 g/mol. The van der Waals surface area contributed by atoms with Crippen LogP contribution < -0.4 is 5.73 Å². The second-order valence-electron chi connectivity index (χ2n) is 7.80. The molecule has 29 heavy (non-hydrogen) atoms. The van der Waals surface area contributed by atoms with Crippen LogP contribution in [0.5, 0.6) is 0 Å². The Labute approximate surface area is 170 Å². The first-order valence-corrected chi connectivity index (χ1v) is 9.62. The summed E-state index contributed by atoms with van der Waals surface area (Å²) in [5, 5.41) is 19.8. The van der Waals surface area contributed by atoms with Crippen molar-refractivity contribution in [2.24, 2.45) is 34.3 Å². The van der Waals surface area contributed by atoms with Gasteiger partial charge in [-0.15, -0.1) is 0 Å². The molecule has 0 saturated heterocycles. The van der Waals surface area contributed by atoms with E-state index >= 15 is 0 Å². The number of alkyl halides is 3. The molecule has 1 aromatic rings. The van der Waals surface area contributed by atoms with Gasteiger partial charge in [0, 0.05) is 10.4 Å². The molecule has 0 aromatic heterocycles. The number of rotatable bonds is 6. The molecule has 0 heterocycles. The lowest BCUT2D eigenvalue weighted by atomic mass is 9.61. The van der Waals surface area contributed by atoms with Crippen LogP contribution in [0.15, 0.2) is 18.2 Å². The standard InChI is InChI=1S/C20H20ClF3N2O3/c1-2-18-13(16(18)17(28)29)7-12(19(18,9-26)15(27)8-25)6-10-5-11(20(22,23)24)3-4-14(10)21/h3-5,12-13,16H,2,6-8,25H2,1H3,(H,28,29). The van der Waals surface area contributed by atoms with E-state index in [2.05, 4.69) is 6.07 Å². The largest absolute Gasteiger partial charge is 0.481 e. The molecule has 5 nitrogen and oxygen atoms in total. The lowest BCUT2D eigenvalue weighted by molar-refractivity contribution is -0.142. The van der Waals surface area contributed by atoms with Gasteiger partial charge in [-0.05, 0) is 54.9 Å². The van der Waals surface area contributed by atoms with Crippen LogP contribution in [-0.2, 0) is 22.2 Å². The van der Waals surface area contributed by atoms with E-state index in [-0.39, 0.29) is 23.4 Å². The van der Waals surface area contributed by atoms with Gasteiger partial charge < -0.3 is 10.8 Å². The van der Waals surface area contributed by atoms with Gasteiger partial charge in [-0.25, -0.2) is 0 Å². The van der Waals surface area contributed by atoms with Crippen molar-refractivity contribution in [3.05, 3.63) is 34.3 Å².